The van der Waals surface area contributed by atoms with Crippen molar-refractivity contribution in [1.82, 2.24) is 19.9 Å². The number of carbonyl (C=O) groups excluding carboxylic acids is 1. The molecule has 1 aliphatic carbocycles. The topological polar surface area (TPSA) is 85.3 Å². The molecule has 0 unspecified atom stereocenters. The Hall–Kier alpha value is -2.10. The van der Waals surface area contributed by atoms with E-state index in [-0.39, 0.29) is 11.4 Å². The maximum atomic E-state index is 14.1. The van der Waals surface area contributed by atoms with Gasteiger partial charge in [-0.3, -0.25) is 4.79 Å². The van der Waals surface area contributed by atoms with Crippen LogP contribution in [0.25, 0.3) is 16.8 Å². The number of nitrogens with two attached hydrogens (primary N) is 1. The Morgan fingerprint density at radius 1 is 1.44 bits per heavy atom. The molecule has 27 heavy (non-hydrogen) atoms. The first-order valence-electron chi connectivity index (χ1n) is 8.40. The number of aromatic nitrogens is 3. The van der Waals surface area contributed by atoms with Crippen molar-refractivity contribution in [3.63, 3.8) is 0 Å². The number of alkyl halides is 2. The van der Waals surface area contributed by atoms with Gasteiger partial charge in [0.25, 0.3) is 11.8 Å². The number of pyridine rings is 1. The van der Waals surface area contributed by atoms with Gasteiger partial charge < -0.3 is 11.1 Å². The van der Waals surface area contributed by atoms with Gasteiger partial charge in [-0.05, 0) is 25.0 Å². The molecular weight excluding hydrogens is 396 g/mol. The van der Waals surface area contributed by atoms with E-state index in [4.69, 9.17) is 17.3 Å². The zero-order valence-electron chi connectivity index (χ0n) is 14.0. The van der Waals surface area contributed by atoms with Crippen molar-refractivity contribution >= 4 is 34.4 Å². The average molecular weight is 412 g/mol. The van der Waals surface area contributed by atoms with Crippen LogP contribution in [0.15, 0.2) is 30.6 Å². The third-order valence-electron chi connectivity index (χ3n) is 4.68. The SMILES string of the molecule is N[C@@H]1CCCC(F)(F)[C@@H]1NC(=O)c1nc(-c2cnn3ccccc23)c(Cl)s1. The number of carbonyl (C=O) groups is 1. The molecule has 3 aromatic rings. The van der Waals surface area contributed by atoms with E-state index < -0.39 is 23.9 Å². The zero-order valence-corrected chi connectivity index (χ0v) is 15.6. The van der Waals surface area contributed by atoms with Crippen LogP contribution in [0.1, 0.15) is 29.1 Å². The van der Waals surface area contributed by atoms with Crippen molar-refractivity contribution in [3.8, 4) is 11.3 Å². The fourth-order valence-electron chi connectivity index (χ4n) is 3.31. The maximum Gasteiger partial charge on any atom is 0.280 e. The van der Waals surface area contributed by atoms with Crippen LogP contribution in [0, 0.1) is 0 Å². The molecule has 3 aromatic heterocycles. The van der Waals surface area contributed by atoms with Crippen molar-refractivity contribution in [2.45, 2.75) is 37.3 Å². The molecule has 1 saturated carbocycles. The van der Waals surface area contributed by atoms with E-state index in [2.05, 4.69) is 15.4 Å². The first-order valence-corrected chi connectivity index (χ1v) is 9.59. The third kappa shape index (κ3) is 3.30. The minimum absolute atomic E-state index is 0.0128. The highest BCUT2D eigenvalue weighted by molar-refractivity contribution is 7.18. The molecule has 1 amide bonds. The second-order valence-electron chi connectivity index (χ2n) is 6.50. The summed E-state index contributed by atoms with van der Waals surface area (Å²) >= 11 is 7.21. The second kappa shape index (κ2) is 6.81. The number of hydrogen-bond acceptors (Lipinski definition) is 5. The molecule has 2 atom stereocenters. The van der Waals surface area contributed by atoms with Crippen molar-refractivity contribution in [3.05, 3.63) is 39.9 Å². The Morgan fingerprint density at radius 3 is 3.04 bits per heavy atom. The molecule has 1 fully saturated rings. The summed E-state index contributed by atoms with van der Waals surface area (Å²) in [5.74, 6) is -3.74. The predicted molar refractivity (Wildman–Crippen MR) is 99.3 cm³/mol. The number of nitrogens with zero attached hydrogens (tertiary/aromatic N) is 3. The molecule has 3 N–H and O–H groups in total. The summed E-state index contributed by atoms with van der Waals surface area (Å²) in [4.78, 5) is 16.8. The molecule has 4 rings (SSSR count). The van der Waals surface area contributed by atoms with E-state index in [1.165, 1.54) is 0 Å². The molecule has 1 aliphatic rings. The number of amides is 1. The van der Waals surface area contributed by atoms with E-state index in [1.54, 1.807) is 16.9 Å². The van der Waals surface area contributed by atoms with Crippen LogP contribution in [0.3, 0.4) is 0 Å². The molecule has 0 spiro atoms. The highest BCUT2D eigenvalue weighted by Crippen LogP contribution is 2.36. The molecular formula is C17H16ClF2N5OS. The molecule has 6 nitrogen and oxygen atoms in total. The second-order valence-corrected chi connectivity index (χ2v) is 8.10. The molecule has 0 aromatic carbocycles. The maximum absolute atomic E-state index is 14.1. The summed E-state index contributed by atoms with van der Waals surface area (Å²) in [5, 5.41) is 6.58. The average Bonchev–Trinajstić information content (AvgIpc) is 3.21. The van der Waals surface area contributed by atoms with Crippen molar-refractivity contribution in [2.75, 3.05) is 0 Å². The van der Waals surface area contributed by atoms with Gasteiger partial charge in [-0.15, -0.1) is 0 Å². The molecule has 0 bridgehead atoms. The van der Waals surface area contributed by atoms with Gasteiger partial charge in [-0.2, -0.15) is 5.10 Å². The smallest absolute Gasteiger partial charge is 0.280 e. The lowest BCUT2D eigenvalue weighted by molar-refractivity contribution is -0.0674. The lowest BCUT2D eigenvalue weighted by Gasteiger charge is -2.36. The molecule has 0 radical (unpaired) electrons. The highest BCUT2D eigenvalue weighted by atomic mass is 35.5. The van der Waals surface area contributed by atoms with Crippen LogP contribution in [0.4, 0.5) is 8.78 Å². The lowest BCUT2D eigenvalue weighted by Crippen LogP contribution is -2.59. The molecule has 0 aliphatic heterocycles. The van der Waals surface area contributed by atoms with E-state index in [0.717, 1.165) is 16.9 Å². The lowest BCUT2D eigenvalue weighted by atomic mass is 9.87. The van der Waals surface area contributed by atoms with Gasteiger partial charge in [0.2, 0.25) is 0 Å². The van der Waals surface area contributed by atoms with Gasteiger partial charge in [-0.1, -0.05) is 29.0 Å². The predicted octanol–water partition coefficient (Wildman–Crippen LogP) is 3.36. The highest BCUT2D eigenvalue weighted by Gasteiger charge is 2.46. The molecule has 142 valence electrons. The van der Waals surface area contributed by atoms with Crippen molar-refractivity contribution in [2.24, 2.45) is 5.73 Å². The van der Waals surface area contributed by atoms with E-state index in [9.17, 15) is 13.6 Å². The van der Waals surface area contributed by atoms with Crippen molar-refractivity contribution < 1.29 is 13.6 Å². The van der Waals surface area contributed by atoms with Gasteiger partial charge >= 0.3 is 0 Å². The fourth-order valence-corrected chi connectivity index (χ4v) is 4.38. The monoisotopic (exact) mass is 411 g/mol. The van der Waals surface area contributed by atoms with Crippen LogP contribution >= 0.6 is 22.9 Å². The summed E-state index contributed by atoms with van der Waals surface area (Å²) < 4.78 is 30.2. The number of rotatable bonds is 3. The molecule has 10 heteroatoms. The van der Waals surface area contributed by atoms with Gasteiger partial charge in [0.05, 0.1) is 11.7 Å². The van der Waals surface area contributed by atoms with Crippen molar-refractivity contribution in [1.29, 1.82) is 0 Å². The van der Waals surface area contributed by atoms with Crippen LogP contribution in [-0.4, -0.2) is 38.5 Å². The van der Waals surface area contributed by atoms with E-state index in [0.29, 0.717) is 28.4 Å². The normalized spacial score (nSPS) is 22.1. The van der Waals surface area contributed by atoms with Gasteiger partial charge in [-0.25, -0.2) is 18.3 Å². The minimum Gasteiger partial charge on any atom is -0.340 e. The summed E-state index contributed by atoms with van der Waals surface area (Å²) in [6.45, 7) is 0. The van der Waals surface area contributed by atoms with Crippen LogP contribution < -0.4 is 11.1 Å². The molecule has 0 saturated heterocycles. The molecule has 3 heterocycles. The quantitative estimate of drug-likeness (QED) is 0.692. The Kier molecular flexibility index (Phi) is 4.61. The largest absolute Gasteiger partial charge is 0.340 e. The third-order valence-corrected chi connectivity index (χ3v) is 5.93. The summed E-state index contributed by atoms with van der Waals surface area (Å²) in [7, 11) is 0. The number of fused-ring (bicyclic) bond motifs is 1. The summed E-state index contributed by atoms with van der Waals surface area (Å²) in [6, 6.07) is 3.31. The zero-order chi connectivity index (χ0) is 19.2. The standard InChI is InChI=1S/C17H16ClF2N5OS/c18-14-12(9-8-22-25-7-2-1-5-11(9)25)23-16(27-14)15(26)24-13-10(21)4-3-6-17(13,19)20/h1-2,5,7-8,10,13H,3-4,6,21H2,(H,24,26)/t10-,13-/m1/s1. The number of halogens is 3. The minimum atomic E-state index is -3.04. The van der Waals surface area contributed by atoms with Gasteiger partial charge in [0.15, 0.2) is 5.01 Å². The van der Waals surface area contributed by atoms with Crippen LogP contribution in [-0.2, 0) is 0 Å². The van der Waals surface area contributed by atoms with Crippen LogP contribution in [0.5, 0.6) is 0 Å². The fraction of sp³-hybridized carbons (Fsp3) is 0.353. The number of nitrogens with one attached hydrogen (secondary N) is 1. The summed E-state index contributed by atoms with van der Waals surface area (Å²) in [6.07, 6.45) is 3.86. The first-order chi connectivity index (χ1) is 12.9. The van der Waals surface area contributed by atoms with Gasteiger partial charge in [0.1, 0.15) is 16.1 Å². The number of thiazole rings is 1. The Bertz CT molecular complexity index is 1000. The van der Waals surface area contributed by atoms with E-state index in [1.807, 2.05) is 18.2 Å². The summed E-state index contributed by atoms with van der Waals surface area (Å²) in [5.41, 5.74) is 7.64. The van der Waals surface area contributed by atoms with Crippen LogP contribution in [0.2, 0.25) is 4.34 Å². The van der Waals surface area contributed by atoms with Gasteiger partial charge in [0, 0.05) is 24.2 Å². The Labute approximate surface area is 162 Å². The van der Waals surface area contributed by atoms with E-state index >= 15 is 0 Å². The Balaban J connectivity index is 1.62. The first kappa shape index (κ1) is 18.3. The Morgan fingerprint density at radius 2 is 2.26 bits per heavy atom. The number of hydrogen-bond donors (Lipinski definition) is 2.